The van der Waals surface area contributed by atoms with Gasteiger partial charge in [0.2, 0.25) is 5.88 Å². The average Bonchev–Trinajstić information content (AvgIpc) is 2.65. The molecule has 0 radical (unpaired) electrons. The van der Waals surface area contributed by atoms with Crippen molar-refractivity contribution < 1.29 is 18.3 Å². The Bertz CT molecular complexity index is 1130. The second-order valence-electron chi connectivity index (χ2n) is 5.84. The fourth-order valence-electron chi connectivity index (χ4n) is 2.46. The van der Waals surface area contributed by atoms with Crippen LogP contribution in [-0.4, -0.2) is 14.8 Å². The molecule has 0 N–H and O–H groups in total. The van der Waals surface area contributed by atoms with Crippen molar-refractivity contribution in [3.63, 3.8) is 0 Å². The molecule has 144 valence electrons. The van der Waals surface area contributed by atoms with Gasteiger partial charge >= 0.3 is 0 Å². The lowest BCUT2D eigenvalue weighted by Crippen LogP contribution is -2.21. The number of benzene rings is 2. The van der Waals surface area contributed by atoms with E-state index in [0.29, 0.717) is 11.3 Å². The lowest BCUT2D eigenvalue weighted by atomic mass is 10.1. The van der Waals surface area contributed by atoms with Gasteiger partial charge in [0.05, 0.1) is 5.69 Å². The van der Waals surface area contributed by atoms with Crippen molar-refractivity contribution in [1.29, 1.82) is 0 Å². The van der Waals surface area contributed by atoms with Crippen molar-refractivity contribution in [3.05, 3.63) is 86.4 Å². The Hall–Kier alpha value is -2.77. The van der Waals surface area contributed by atoms with Gasteiger partial charge in [-0.3, -0.25) is 14.2 Å². The highest BCUT2D eigenvalue weighted by Crippen LogP contribution is 2.22. The molecular weight excluding hydrogens is 413 g/mol. The van der Waals surface area contributed by atoms with Crippen LogP contribution in [0.4, 0.5) is 8.78 Å². The van der Waals surface area contributed by atoms with Crippen molar-refractivity contribution in [2.75, 3.05) is 0 Å². The van der Waals surface area contributed by atoms with E-state index in [9.17, 15) is 18.4 Å². The van der Waals surface area contributed by atoms with Gasteiger partial charge in [-0.1, -0.05) is 17.7 Å². The van der Waals surface area contributed by atoms with Crippen LogP contribution in [0, 0.1) is 18.6 Å². The maximum Gasteiger partial charge on any atom is 0.280 e. The second-order valence-corrected chi connectivity index (χ2v) is 6.56. The molecule has 2 aromatic carbocycles. The number of aromatic nitrogens is 2. The summed E-state index contributed by atoms with van der Waals surface area (Å²) >= 11 is 11.6. The fraction of sp³-hybridized carbons (Fsp3) is 0.105. The van der Waals surface area contributed by atoms with Gasteiger partial charge in [0.1, 0.15) is 24.6 Å². The van der Waals surface area contributed by atoms with E-state index in [1.807, 2.05) is 0 Å². The normalized spacial score (nSPS) is 10.8. The maximum atomic E-state index is 13.7. The van der Waals surface area contributed by atoms with E-state index < -0.39 is 22.4 Å². The highest BCUT2D eigenvalue weighted by atomic mass is 35.5. The molecule has 0 saturated carbocycles. The Balaban J connectivity index is 1.93. The third-order valence-electron chi connectivity index (χ3n) is 3.96. The van der Waals surface area contributed by atoms with E-state index in [1.54, 1.807) is 13.0 Å². The van der Waals surface area contributed by atoms with Crippen LogP contribution in [0.2, 0.25) is 5.02 Å². The Kier molecular flexibility index (Phi) is 5.76. The number of rotatable bonds is 5. The first-order valence-electron chi connectivity index (χ1n) is 7.92. The first kappa shape index (κ1) is 20.0. The van der Waals surface area contributed by atoms with Crippen molar-refractivity contribution in [1.82, 2.24) is 9.55 Å². The van der Waals surface area contributed by atoms with Crippen molar-refractivity contribution >= 4 is 28.4 Å². The monoisotopic (exact) mass is 424 g/mol. The zero-order valence-corrected chi connectivity index (χ0v) is 15.9. The second kappa shape index (κ2) is 8.08. The Morgan fingerprint density at radius 1 is 1.21 bits per heavy atom. The lowest BCUT2D eigenvalue weighted by molar-refractivity contribution is 0.108. The molecule has 28 heavy (non-hydrogen) atoms. The number of aryl methyl sites for hydroxylation is 1. The topological polar surface area (TPSA) is 61.2 Å². The third kappa shape index (κ3) is 4.05. The molecule has 0 aliphatic carbocycles. The summed E-state index contributed by atoms with van der Waals surface area (Å²) in [5, 5.41) is -0.998. The number of hydrogen-bond acceptors (Lipinski definition) is 4. The highest BCUT2D eigenvalue weighted by Gasteiger charge is 2.15. The van der Waals surface area contributed by atoms with Crippen LogP contribution in [0.5, 0.6) is 5.88 Å². The molecule has 1 aromatic heterocycles. The van der Waals surface area contributed by atoms with Crippen LogP contribution >= 0.6 is 23.2 Å². The number of halogens is 4. The van der Waals surface area contributed by atoms with Crippen LogP contribution in [0.15, 0.2) is 47.5 Å². The van der Waals surface area contributed by atoms with E-state index in [4.69, 9.17) is 27.9 Å². The molecule has 0 atom stereocenters. The van der Waals surface area contributed by atoms with Crippen molar-refractivity contribution in [3.8, 4) is 11.6 Å². The summed E-state index contributed by atoms with van der Waals surface area (Å²) in [6.07, 6.45) is 1.18. The molecule has 0 amide bonds. The minimum atomic E-state index is -0.789. The van der Waals surface area contributed by atoms with Gasteiger partial charge in [-0.15, -0.1) is 0 Å². The van der Waals surface area contributed by atoms with Gasteiger partial charge in [-0.25, -0.2) is 13.8 Å². The summed E-state index contributed by atoms with van der Waals surface area (Å²) in [7, 11) is 0. The molecule has 0 unspecified atom stereocenters. The molecule has 1 heterocycles. The van der Waals surface area contributed by atoms with E-state index >= 15 is 0 Å². The van der Waals surface area contributed by atoms with Gasteiger partial charge in [0, 0.05) is 17.2 Å². The summed E-state index contributed by atoms with van der Waals surface area (Å²) in [5.74, 6) is -1.70. The molecule has 0 fully saturated rings. The summed E-state index contributed by atoms with van der Waals surface area (Å²) < 4.78 is 33.1. The SMILES string of the molecule is Cc1ccc(C(=O)Cl)cc1-n1cnc(OCc2ccc(F)cc2F)c(Cl)c1=O. The van der Waals surface area contributed by atoms with E-state index in [-0.39, 0.29) is 28.6 Å². The molecule has 0 saturated heterocycles. The Labute approximate surface area is 168 Å². The minimum absolute atomic E-state index is 0.0765. The average molecular weight is 425 g/mol. The molecule has 0 aliphatic heterocycles. The molecule has 9 heteroatoms. The highest BCUT2D eigenvalue weighted by molar-refractivity contribution is 6.67. The zero-order valence-electron chi connectivity index (χ0n) is 14.4. The zero-order chi connectivity index (χ0) is 20.4. The van der Waals surface area contributed by atoms with Gasteiger partial charge in [-0.2, -0.15) is 0 Å². The number of hydrogen-bond donors (Lipinski definition) is 0. The van der Waals surface area contributed by atoms with Gasteiger partial charge in [0.25, 0.3) is 10.8 Å². The van der Waals surface area contributed by atoms with Gasteiger partial charge in [-0.05, 0) is 48.4 Å². The summed E-state index contributed by atoms with van der Waals surface area (Å²) in [6.45, 7) is 1.44. The van der Waals surface area contributed by atoms with Crippen LogP contribution < -0.4 is 10.3 Å². The first-order chi connectivity index (χ1) is 13.3. The maximum absolute atomic E-state index is 13.7. The number of carbonyl (C=O) groups is 1. The lowest BCUT2D eigenvalue weighted by Gasteiger charge is -2.12. The predicted molar refractivity (Wildman–Crippen MR) is 100 cm³/mol. The quantitative estimate of drug-likeness (QED) is 0.568. The van der Waals surface area contributed by atoms with Crippen LogP contribution in [0.1, 0.15) is 21.5 Å². The number of carbonyl (C=O) groups excluding carboxylic acids is 1. The first-order valence-corrected chi connectivity index (χ1v) is 8.68. The van der Waals surface area contributed by atoms with Crippen molar-refractivity contribution in [2.24, 2.45) is 0 Å². The Morgan fingerprint density at radius 2 is 1.96 bits per heavy atom. The smallest absolute Gasteiger partial charge is 0.280 e. The number of nitrogens with zero attached hydrogens (tertiary/aromatic N) is 2. The molecule has 5 nitrogen and oxygen atoms in total. The van der Waals surface area contributed by atoms with Crippen LogP contribution in [0.25, 0.3) is 5.69 Å². The number of ether oxygens (including phenoxy) is 1. The van der Waals surface area contributed by atoms with Crippen molar-refractivity contribution in [2.45, 2.75) is 13.5 Å². The van der Waals surface area contributed by atoms with E-state index in [1.165, 1.54) is 24.5 Å². The largest absolute Gasteiger partial charge is 0.471 e. The van der Waals surface area contributed by atoms with Crippen LogP contribution in [-0.2, 0) is 6.61 Å². The van der Waals surface area contributed by atoms with Gasteiger partial charge in [0.15, 0.2) is 5.02 Å². The molecule has 3 rings (SSSR count). The van der Waals surface area contributed by atoms with Crippen LogP contribution in [0.3, 0.4) is 0 Å². The van der Waals surface area contributed by atoms with E-state index in [0.717, 1.165) is 16.7 Å². The third-order valence-corrected chi connectivity index (χ3v) is 4.50. The summed E-state index contributed by atoms with van der Waals surface area (Å²) in [5.41, 5.74) is 0.698. The standard InChI is InChI=1S/C19H12Cl2F2N2O3/c1-10-2-3-11(17(21)26)6-15(10)25-9-24-18(16(20)19(25)27)28-8-12-4-5-13(22)7-14(12)23/h2-7,9H,8H2,1H3. The summed E-state index contributed by atoms with van der Waals surface area (Å²) in [4.78, 5) is 28.0. The van der Waals surface area contributed by atoms with Gasteiger partial charge < -0.3 is 4.74 Å². The summed E-state index contributed by atoms with van der Waals surface area (Å²) in [6, 6.07) is 7.63. The minimum Gasteiger partial charge on any atom is -0.471 e. The molecule has 0 aliphatic rings. The molecular formula is C19H12Cl2F2N2O3. The molecule has 0 spiro atoms. The molecule has 0 bridgehead atoms. The predicted octanol–water partition coefficient (Wildman–Crippen LogP) is 4.43. The van der Waals surface area contributed by atoms with E-state index in [2.05, 4.69) is 4.98 Å². The molecule has 3 aromatic rings. The Morgan fingerprint density at radius 3 is 2.64 bits per heavy atom. The fourth-order valence-corrected chi connectivity index (χ4v) is 2.78.